The molecule has 3 aromatic rings. The molecule has 1 amide bonds. The lowest BCUT2D eigenvalue weighted by molar-refractivity contribution is -0.126. The number of carbonyl (C=O) groups excluding carboxylic acids is 1. The molecule has 2 unspecified atom stereocenters. The predicted octanol–water partition coefficient (Wildman–Crippen LogP) is 7.40. The maximum absolute atomic E-state index is 13.3. The van der Waals surface area contributed by atoms with Crippen LogP contribution in [0.4, 0.5) is 4.39 Å². The second-order valence-electron chi connectivity index (χ2n) is 8.16. The molecule has 34 heavy (non-hydrogen) atoms. The zero-order valence-electron chi connectivity index (χ0n) is 19.5. The van der Waals surface area contributed by atoms with Gasteiger partial charge in [-0.2, -0.15) is 0 Å². The molecule has 0 radical (unpaired) electrons. The standard InChI is InChI=1S/C25H29Cl2FN4OS/c1-4-6-7-18(5-2)24(33)29-16(3)23-30-31-25(34-15-17-8-11-20(28)12-9-17)32(23)22-13-10-19(26)14-21(22)27/h8-14,16,18H,4-7,15H2,1-3H3,(H,29,33). The van der Waals surface area contributed by atoms with E-state index in [0.29, 0.717) is 32.5 Å². The van der Waals surface area contributed by atoms with Crippen LogP contribution in [0.1, 0.15) is 63.9 Å². The van der Waals surface area contributed by atoms with Crippen molar-refractivity contribution in [3.63, 3.8) is 0 Å². The van der Waals surface area contributed by atoms with Crippen LogP contribution in [-0.2, 0) is 10.5 Å². The van der Waals surface area contributed by atoms with Gasteiger partial charge in [-0.1, -0.05) is 73.8 Å². The maximum atomic E-state index is 13.3. The fourth-order valence-corrected chi connectivity index (χ4v) is 5.04. The fourth-order valence-electron chi connectivity index (χ4n) is 3.64. The number of hydrogen-bond donors (Lipinski definition) is 1. The van der Waals surface area contributed by atoms with Crippen LogP contribution in [-0.4, -0.2) is 20.7 Å². The number of halogens is 3. The molecule has 5 nitrogen and oxygen atoms in total. The van der Waals surface area contributed by atoms with E-state index in [1.165, 1.54) is 23.9 Å². The Bertz CT molecular complexity index is 1110. The number of aromatic nitrogens is 3. The Kier molecular flexibility index (Phi) is 9.80. The minimum atomic E-state index is -0.386. The molecule has 2 aromatic carbocycles. The lowest BCUT2D eigenvalue weighted by Gasteiger charge is -2.20. The fraction of sp³-hybridized carbons (Fsp3) is 0.400. The molecule has 182 valence electrons. The van der Waals surface area contributed by atoms with Crippen LogP contribution in [0.25, 0.3) is 5.69 Å². The summed E-state index contributed by atoms with van der Waals surface area (Å²) in [6.07, 6.45) is 3.71. The van der Waals surface area contributed by atoms with E-state index >= 15 is 0 Å². The van der Waals surface area contributed by atoms with Gasteiger partial charge in [-0.15, -0.1) is 10.2 Å². The summed E-state index contributed by atoms with van der Waals surface area (Å²) in [6.45, 7) is 6.05. The van der Waals surface area contributed by atoms with Crippen molar-refractivity contribution in [2.75, 3.05) is 0 Å². The van der Waals surface area contributed by atoms with E-state index in [4.69, 9.17) is 23.2 Å². The molecule has 0 aliphatic carbocycles. The van der Waals surface area contributed by atoms with Crippen LogP contribution >= 0.6 is 35.0 Å². The minimum Gasteiger partial charge on any atom is -0.346 e. The van der Waals surface area contributed by atoms with Crippen LogP contribution in [0.5, 0.6) is 0 Å². The lowest BCUT2D eigenvalue weighted by atomic mass is 9.98. The molecule has 0 spiro atoms. The Morgan fingerprint density at radius 2 is 1.88 bits per heavy atom. The van der Waals surface area contributed by atoms with Crippen molar-refractivity contribution in [1.82, 2.24) is 20.1 Å². The highest BCUT2D eigenvalue weighted by Gasteiger charge is 2.25. The Labute approximate surface area is 214 Å². The highest BCUT2D eigenvalue weighted by Crippen LogP contribution is 2.32. The van der Waals surface area contributed by atoms with Gasteiger partial charge < -0.3 is 5.32 Å². The second-order valence-corrected chi connectivity index (χ2v) is 9.95. The zero-order chi connectivity index (χ0) is 24.7. The summed E-state index contributed by atoms with van der Waals surface area (Å²) >= 11 is 14.1. The zero-order valence-corrected chi connectivity index (χ0v) is 21.9. The van der Waals surface area contributed by atoms with Gasteiger partial charge in [-0.25, -0.2) is 4.39 Å². The quantitative estimate of drug-likeness (QED) is 0.266. The summed E-state index contributed by atoms with van der Waals surface area (Å²) in [5, 5.41) is 13.5. The second kappa shape index (κ2) is 12.6. The average Bonchev–Trinajstić information content (AvgIpc) is 3.23. The van der Waals surface area contributed by atoms with E-state index in [2.05, 4.69) is 22.4 Å². The van der Waals surface area contributed by atoms with Crippen molar-refractivity contribution in [3.05, 3.63) is 69.7 Å². The molecule has 0 aliphatic heterocycles. The number of hydrogen-bond acceptors (Lipinski definition) is 4. The summed E-state index contributed by atoms with van der Waals surface area (Å²) in [7, 11) is 0. The minimum absolute atomic E-state index is 0.0146. The molecule has 0 aliphatic rings. The summed E-state index contributed by atoms with van der Waals surface area (Å²) < 4.78 is 15.1. The third kappa shape index (κ3) is 6.74. The van der Waals surface area contributed by atoms with Gasteiger partial charge in [-0.3, -0.25) is 9.36 Å². The molecule has 1 heterocycles. The summed E-state index contributed by atoms with van der Waals surface area (Å²) in [6, 6.07) is 11.2. The first-order valence-corrected chi connectivity index (χ1v) is 13.2. The molecule has 0 bridgehead atoms. The smallest absolute Gasteiger partial charge is 0.223 e. The van der Waals surface area contributed by atoms with Crippen molar-refractivity contribution in [3.8, 4) is 5.69 Å². The maximum Gasteiger partial charge on any atom is 0.223 e. The Balaban J connectivity index is 1.90. The molecular weight excluding hydrogens is 494 g/mol. The Morgan fingerprint density at radius 3 is 2.53 bits per heavy atom. The number of thioether (sulfide) groups is 1. The van der Waals surface area contributed by atoms with E-state index in [0.717, 1.165) is 31.2 Å². The largest absolute Gasteiger partial charge is 0.346 e. The summed E-state index contributed by atoms with van der Waals surface area (Å²) in [5.74, 6) is 0.843. The Morgan fingerprint density at radius 1 is 1.15 bits per heavy atom. The van der Waals surface area contributed by atoms with Gasteiger partial charge in [0.05, 0.1) is 16.8 Å². The van der Waals surface area contributed by atoms with Gasteiger partial charge in [-0.05, 0) is 55.7 Å². The number of rotatable bonds is 11. The number of benzene rings is 2. The number of nitrogens with one attached hydrogen (secondary N) is 1. The van der Waals surface area contributed by atoms with E-state index in [-0.39, 0.29) is 23.7 Å². The highest BCUT2D eigenvalue weighted by atomic mass is 35.5. The summed E-state index contributed by atoms with van der Waals surface area (Å²) in [4.78, 5) is 12.9. The van der Waals surface area contributed by atoms with Gasteiger partial charge in [0.25, 0.3) is 0 Å². The lowest BCUT2D eigenvalue weighted by Crippen LogP contribution is -2.33. The molecule has 3 rings (SSSR count). The first kappa shape index (κ1) is 26.5. The van der Waals surface area contributed by atoms with E-state index in [1.54, 1.807) is 24.3 Å². The molecule has 1 aromatic heterocycles. The van der Waals surface area contributed by atoms with Crippen LogP contribution in [0.3, 0.4) is 0 Å². The van der Waals surface area contributed by atoms with Crippen molar-refractivity contribution >= 4 is 40.9 Å². The first-order chi connectivity index (χ1) is 16.3. The van der Waals surface area contributed by atoms with Gasteiger partial charge in [0.15, 0.2) is 11.0 Å². The van der Waals surface area contributed by atoms with Gasteiger partial charge in [0, 0.05) is 16.7 Å². The van der Waals surface area contributed by atoms with Crippen LogP contribution < -0.4 is 5.32 Å². The number of carbonyl (C=O) groups is 1. The molecule has 9 heteroatoms. The average molecular weight is 524 g/mol. The van der Waals surface area contributed by atoms with Crippen molar-refractivity contribution in [2.24, 2.45) is 5.92 Å². The predicted molar refractivity (Wildman–Crippen MR) is 137 cm³/mol. The van der Waals surface area contributed by atoms with E-state index in [9.17, 15) is 9.18 Å². The molecular formula is C25H29Cl2FN4OS. The molecule has 0 saturated heterocycles. The van der Waals surface area contributed by atoms with Crippen LogP contribution in [0.15, 0.2) is 47.6 Å². The van der Waals surface area contributed by atoms with Crippen LogP contribution in [0, 0.1) is 11.7 Å². The van der Waals surface area contributed by atoms with Crippen LogP contribution in [0.2, 0.25) is 10.0 Å². The Hall–Kier alpha value is -2.09. The van der Waals surface area contributed by atoms with Crippen molar-refractivity contribution < 1.29 is 9.18 Å². The number of unbranched alkanes of at least 4 members (excludes halogenated alkanes) is 1. The van der Waals surface area contributed by atoms with E-state index < -0.39 is 0 Å². The molecule has 1 N–H and O–H groups in total. The molecule has 0 saturated carbocycles. The summed E-state index contributed by atoms with van der Waals surface area (Å²) in [5.41, 5.74) is 1.62. The van der Waals surface area contributed by atoms with E-state index in [1.807, 2.05) is 24.5 Å². The monoisotopic (exact) mass is 522 g/mol. The highest BCUT2D eigenvalue weighted by molar-refractivity contribution is 7.98. The SMILES string of the molecule is CCCCC(CC)C(=O)NC(C)c1nnc(SCc2ccc(F)cc2)n1-c1ccc(Cl)cc1Cl. The molecule has 0 fully saturated rings. The number of amides is 1. The van der Waals surface area contributed by atoms with Crippen molar-refractivity contribution in [1.29, 1.82) is 0 Å². The van der Waals surface area contributed by atoms with Gasteiger partial charge in [0.1, 0.15) is 5.82 Å². The van der Waals surface area contributed by atoms with Gasteiger partial charge in [0.2, 0.25) is 5.91 Å². The first-order valence-electron chi connectivity index (χ1n) is 11.4. The normalized spacial score (nSPS) is 13.0. The molecule has 2 atom stereocenters. The topological polar surface area (TPSA) is 59.8 Å². The third-order valence-electron chi connectivity index (χ3n) is 5.61. The van der Waals surface area contributed by atoms with Gasteiger partial charge >= 0.3 is 0 Å². The van der Waals surface area contributed by atoms with Crippen molar-refractivity contribution in [2.45, 2.75) is 63.4 Å². The number of nitrogens with zero attached hydrogens (tertiary/aromatic N) is 3. The third-order valence-corrected chi connectivity index (χ3v) is 7.14.